The largest absolute Gasteiger partial charge is 0.467 e. The van der Waals surface area contributed by atoms with Crippen LogP contribution >= 0.6 is 23.1 Å². The zero-order valence-corrected chi connectivity index (χ0v) is 18.6. The minimum absolute atomic E-state index is 0.00720. The van der Waals surface area contributed by atoms with Crippen LogP contribution in [0, 0.1) is 5.92 Å². The molecule has 1 aliphatic rings. The lowest BCUT2D eigenvalue weighted by atomic mass is 10.1. The first kappa shape index (κ1) is 20.2. The maximum atomic E-state index is 13.5. The van der Waals surface area contributed by atoms with E-state index < -0.39 is 0 Å². The molecule has 0 fully saturated rings. The number of carbonyl (C=O) groups is 1. The van der Waals surface area contributed by atoms with Gasteiger partial charge in [-0.2, -0.15) is 0 Å². The van der Waals surface area contributed by atoms with Crippen LogP contribution in [0.25, 0.3) is 10.2 Å². The predicted molar refractivity (Wildman–Crippen MR) is 117 cm³/mol. The summed E-state index contributed by atoms with van der Waals surface area (Å²) in [6.07, 6.45) is 3.39. The Labute approximate surface area is 177 Å². The van der Waals surface area contributed by atoms with E-state index in [0.717, 1.165) is 38.4 Å². The maximum absolute atomic E-state index is 13.5. The Morgan fingerprint density at radius 2 is 2.24 bits per heavy atom. The first-order valence-electron chi connectivity index (χ1n) is 9.89. The summed E-state index contributed by atoms with van der Waals surface area (Å²) in [5.41, 5.74) is 1.05. The van der Waals surface area contributed by atoms with Gasteiger partial charge in [0.05, 0.1) is 24.7 Å². The van der Waals surface area contributed by atoms with Crippen molar-refractivity contribution in [3.8, 4) is 0 Å². The van der Waals surface area contributed by atoms with Gasteiger partial charge >= 0.3 is 0 Å². The van der Waals surface area contributed by atoms with Crippen molar-refractivity contribution < 1.29 is 9.21 Å². The van der Waals surface area contributed by atoms with Crippen molar-refractivity contribution in [2.45, 2.75) is 51.9 Å². The molecule has 0 saturated carbocycles. The van der Waals surface area contributed by atoms with Gasteiger partial charge in [-0.3, -0.25) is 14.2 Å². The second-order valence-electron chi connectivity index (χ2n) is 7.77. The van der Waals surface area contributed by atoms with Crippen LogP contribution in [0.4, 0.5) is 0 Å². The third-order valence-electron chi connectivity index (χ3n) is 5.19. The molecule has 4 rings (SSSR count). The Morgan fingerprint density at radius 1 is 1.41 bits per heavy atom. The molecule has 29 heavy (non-hydrogen) atoms. The lowest BCUT2D eigenvalue weighted by Gasteiger charge is -2.25. The van der Waals surface area contributed by atoms with Crippen molar-refractivity contribution in [1.29, 1.82) is 0 Å². The summed E-state index contributed by atoms with van der Waals surface area (Å²) in [5.74, 6) is 2.33. The Morgan fingerprint density at radius 3 is 2.93 bits per heavy atom. The third kappa shape index (κ3) is 4.14. The van der Waals surface area contributed by atoms with Crippen LogP contribution in [0.2, 0.25) is 0 Å². The molecule has 0 atom stereocenters. The molecular formula is C21H25N3O3S2. The summed E-state index contributed by atoms with van der Waals surface area (Å²) in [6, 6.07) is 3.72. The summed E-state index contributed by atoms with van der Waals surface area (Å²) >= 11 is 3.18. The number of amides is 1. The van der Waals surface area contributed by atoms with Gasteiger partial charge in [0.25, 0.3) is 5.56 Å². The standard InChI is InChI=1S/C21H25N3O3S2/c1-13(2)7-10-28-21-22-19-18(20(26)24(21)11-15-5-4-9-27-15)16-6-8-23(14(3)25)12-17(16)29-19/h4-5,9,13H,6-8,10-12H2,1-3H3. The van der Waals surface area contributed by atoms with Crippen LogP contribution in [0.1, 0.15) is 43.4 Å². The third-order valence-corrected chi connectivity index (χ3v) is 7.31. The second kappa shape index (κ2) is 8.36. The number of hydrogen-bond donors (Lipinski definition) is 0. The molecule has 0 unspecified atom stereocenters. The average Bonchev–Trinajstić information content (AvgIpc) is 3.30. The van der Waals surface area contributed by atoms with Crippen LogP contribution in [0.15, 0.2) is 32.8 Å². The van der Waals surface area contributed by atoms with Crippen LogP contribution in [-0.2, 0) is 24.3 Å². The number of thiophene rings is 1. The highest BCUT2D eigenvalue weighted by Crippen LogP contribution is 2.34. The Balaban J connectivity index is 1.78. The van der Waals surface area contributed by atoms with E-state index in [9.17, 15) is 9.59 Å². The summed E-state index contributed by atoms with van der Waals surface area (Å²) in [5, 5.41) is 1.45. The van der Waals surface area contributed by atoms with Crippen LogP contribution in [0.5, 0.6) is 0 Å². The van der Waals surface area contributed by atoms with Gasteiger partial charge in [0.1, 0.15) is 10.6 Å². The zero-order valence-electron chi connectivity index (χ0n) is 16.9. The van der Waals surface area contributed by atoms with E-state index in [0.29, 0.717) is 37.4 Å². The molecule has 4 heterocycles. The fourth-order valence-corrected chi connectivity index (χ4v) is 6.03. The van der Waals surface area contributed by atoms with Gasteiger partial charge in [0.2, 0.25) is 5.91 Å². The maximum Gasteiger partial charge on any atom is 0.263 e. The van der Waals surface area contributed by atoms with E-state index in [4.69, 9.17) is 9.40 Å². The van der Waals surface area contributed by atoms with Gasteiger partial charge in [0.15, 0.2) is 5.16 Å². The lowest BCUT2D eigenvalue weighted by Crippen LogP contribution is -2.34. The minimum atomic E-state index is -0.00720. The summed E-state index contributed by atoms with van der Waals surface area (Å²) in [4.78, 5) is 33.9. The molecule has 3 aromatic heterocycles. The topological polar surface area (TPSA) is 68.3 Å². The molecule has 0 N–H and O–H groups in total. The second-order valence-corrected chi connectivity index (χ2v) is 9.92. The van der Waals surface area contributed by atoms with Gasteiger partial charge in [-0.1, -0.05) is 25.6 Å². The molecule has 0 aliphatic carbocycles. The van der Waals surface area contributed by atoms with E-state index >= 15 is 0 Å². The molecule has 1 amide bonds. The number of hydrogen-bond acceptors (Lipinski definition) is 6. The Kier molecular flexibility index (Phi) is 5.83. The van der Waals surface area contributed by atoms with Crippen molar-refractivity contribution in [3.63, 3.8) is 0 Å². The monoisotopic (exact) mass is 431 g/mol. The highest BCUT2D eigenvalue weighted by atomic mass is 32.2. The highest BCUT2D eigenvalue weighted by molar-refractivity contribution is 7.99. The van der Waals surface area contributed by atoms with Crippen LogP contribution in [0.3, 0.4) is 0 Å². The first-order valence-corrected chi connectivity index (χ1v) is 11.7. The number of fused-ring (bicyclic) bond motifs is 3. The minimum Gasteiger partial charge on any atom is -0.467 e. The van der Waals surface area contributed by atoms with E-state index in [1.165, 1.54) is 0 Å². The molecule has 154 valence electrons. The average molecular weight is 432 g/mol. The van der Waals surface area contributed by atoms with Crippen molar-refractivity contribution in [2.75, 3.05) is 12.3 Å². The van der Waals surface area contributed by atoms with E-state index in [1.54, 1.807) is 40.9 Å². The van der Waals surface area contributed by atoms with Crippen LogP contribution in [-0.4, -0.2) is 32.7 Å². The molecule has 0 spiro atoms. The van der Waals surface area contributed by atoms with Gasteiger partial charge in [-0.25, -0.2) is 4.98 Å². The fourth-order valence-electron chi connectivity index (χ4n) is 3.52. The van der Waals surface area contributed by atoms with Gasteiger partial charge < -0.3 is 9.32 Å². The van der Waals surface area contributed by atoms with Crippen molar-refractivity contribution in [3.05, 3.63) is 45.0 Å². The van der Waals surface area contributed by atoms with Crippen LogP contribution < -0.4 is 5.56 Å². The smallest absolute Gasteiger partial charge is 0.263 e. The number of thioether (sulfide) groups is 1. The summed E-state index contributed by atoms with van der Waals surface area (Å²) in [7, 11) is 0. The van der Waals surface area contributed by atoms with Crippen molar-refractivity contribution in [1.82, 2.24) is 14.5 Å². The van der Waals surface area contributed by atoms with Gasteiger partial charge in [-0.05, 0) is 36.5 Å². The van der Waals surface area contributed by atoms with E-state index in [1.807, 2.05) is 17.0 Å². The van der Waals surface area contributed by atoms with Crippen molar-refractivity contribution >= 4 is 39.2 Å². The van der Waals surface area contributed by atoms with E-state index in [-0.39, 0.29) is 11.5 Å². The molecule has 0 saturated heterocycles. The molecule has 0 aromatic carbocycles. The summed E-state index contributed by atoms with van der Waals surface area (Å²) < 4.78 is 7.24. The number of furan rings is 1. The Bertz CT molecular complexity index is 1080. The normalized spacial score (nSPS) is 14.0. The van der Waals surface area contributed by atoms with Gasteiger partial charge in [0, 0.05) is 24.1 Å². The molecule has 0 radical (unpaired) electrons. The van der Waals surface area contributed by atoms with E-state index in [2.05, 4.69) is 13.8 Å². The molecule has 0 bridgehead atoms. The Hall–Kier alpha value is -2.06. The quantitative estimate of drug-likeness (QED) is 0.433. The fraction of sp³-hybridized carbons (Fsp3) is 0.476. The lowest BCUT2D eigenvalue weighted by molar-refractivity contribution is -0.129. The number of carbonyl (C=O) groups excluding carboxylic acids is 1. The number of aromatic nitrogens is 2. The summed E-state index contributed by atoms with van der Waals surface area (Å²) in [6.45, 7) is 7.58. The van der Waals surface area contributed by atoms with Gasteiger partial charge in [-0.15, -0.1) is 11.3 Å². The molecule has 3 aromatic rings. The first-order chi connectivity index (χ1) is 13.9. The predicted octanol–water partition coefficient (Wildman–Crippen LogP) is 4.14. The highest BCUT2D eigenvalue weighted by Gasteiger charge is 2.26. The number of rotatable bonds is 6. The SMILES string of the molecule is CC(=O)N1CCc2c(sc3nc(SCCC(C)C)n(Cc4ccco4)c(=O)c23)C1. The number of nitrogens with zero attached hydrogens (tertiary/aromatic N) is 3. The zero-order chi connectivity index (χ0) is 20.5. The molecule has 1 aliphatic heterocycles. The molecule has 6 nitrogen and oxygen atoms in total. The van der Waals surface area contributed by atoms with Crippen molar-refractivity contribution in [2.24, 2.45) is 5.92 Å². The molecule has 8 heteroatoms. The molecular weight excluding hydrogens is 406 g/mol.